The third kappa shape index (κ3) is 3.33. The van der Waals surface area contributed by atoms with Crippen LogP contribution in [-0.2, 0) is 11.3 Å². The van der Waals surface area contributed by atoms with Crippen LogP contribution in [0.15, 0.2) is 16.5 Å². The molecule has 18 heavy (non-hydrogen) atoms. The number of rotatable bonds is 6. The predicted molar refractivity (Wildman–Crippen MR) is 64.9 cm³/mol. The van der Waals surface area contributed by atoms with E-state index in [9.17, 15) is 9.59 Å². The van der Waals surface area contributed by atoms with Gasteiger partial charge in [0.2, 0.25) is 0 Å². The van der Waals surface area contributed by atoms with Gasteiger partial charge in [-0.2, -0.15) is 0 Å². The lowest BCUT2D eigenvalue weighted by molar-refractivity contribution is -0.140. The fraction of sp³-hybridized carbons (Fsp3) is 0.500. The number of hydrogen-bond donors (Lipinski definition) is 3. The molecule has 1 amide bonds. The van der Waals surface area contributed by atoms with Crippen LogP contribution in [0, 0.1) is 5.92 Å². The molecule has 0 spiro atoms. The number of carboxylic acids is 1. The third-order valence-corrected chi connectivity index (χ3v) is 2.85. The zero-order chi connectivity index (χ0) is 13.7. The number of carbonyl (C=O) groups is 2. The minimum absolute atomic E-state index is 0.0741. The molecule has 0 aliphatic heterocycles. The van der Waals surface area contributed by atoms with Gasteiger partial charge in [0.15, 0.2) is 5.76 Å². The summed E-state index contributed by atoms with van der Waals surface area (Å²) in [5.74, 6) is -1.19. The fourth-order valence-corrected chi connectivity index (χ4v) is 1.51. The van der Waals surface area contributed by atoms with E-state index < -0.39 is 17.9 Å². The molecule has 1 aromatic heterocycles. The normalized spacial score (nSPS) is 13.9. The van der Waals surface area contributed by atoms with E-state index in [2.05, 4.69) is 5.32 Å². The Morgan fingerprint density at radius 2 is 2.17 bits per heavy atom. The molecule has 6 heteroatoms. The molecule has 0 aromatic carbocycles. The van der Waals surface area contributed by atoms with Crippen molar-refractivity contribution in [3.63, 3.8) is 0 Å². The van der Waals surface area contributed by atoms with Gasteiger partial charge in [-0.05, 0) is 18.1 Å². The Kier molecular flexibility index (Phi) is 4.91. The molecular formula is C12H18N2O4. The van der Waals surface area contributed by atoms with Gasteiger partial charge in [0.1, 0.15) is 11.8 Å². The Bertz CT molecular complexity index is 427. The zero-order valence-corrected chi connectivity index (χ0v) is 10.5. The average molecular weight is 254 g/mol. The van der Waals surface area contributed by atoms with Crippen molar-refractivity contribution < 1.29 is 19.1 Å². The van der Waals surface area contributed by atoms with Gasteiger partial charge in [0.25, 0.3) is 5.91 Å². The number of carbonyl (C=O) groups excluding carboxylic acids is 1. The number of hydrogen-bond acceptors (Lipinski definition) is 4. The quantitative estimate of drug-likeness (QED) is 0.701. The summed E-state index contributed by atoms with van der Waals surface area (Å²) in [6.07, 6.45) is 0.656. The van der Waals surface area contributed by atoms with Crippen molar-refractivity contribution in [3.05, 3.63) is 23.7 Å². The molecular weight excluding hydrogens is 236 g/mol. The molecule has 2 atom stereocenters. The second-order valence-electron chi connectivity index (χ2n) is 4.14. The molecule has 1 heterocycles. The molecule has 0 radical (unpaired) electrons. The van der Waals surface area contributed by atoms with Crippen LogP contribution in [0.25, 0.3) is 0 Å². The van der Waals surface area contributed by atoms with Crippen LogP contribution in [0.2, 0.25) is 0 Å². The van der Waals surface area contributed by atoms with Gasteiger partial charge >= 0.3 is 5.97 Å². The molecule has 0 bridgehead atoms. The van der Waals surface area contributed by atoms with Crippen molar-refractivity contribution in [1.29, 1.82) is 0 Å². The minimum atomic E-state index is -1.05. The van der Waals surface area contributed by atoms with Crippen molar-refractivity contribution in [3.8, 4) is 0 Å². The minimum Gasteiger partial charge on any atom is -0.480 e. The SMILES string of the molecule is CCC(C)C(NC(=O)c1ccc(CN)o1)C(=O)O. The van der Waals surface area contributed by atoms with Crippen LogP contribution in [0.5, 0.6) is 0 Å². The number of carboxylic acid groups (broad SMARTS) is 1. The maximum atomic E-state index is 11.8. The zero-order valence-electron chi connectivity index (χ0n) is 10.5. The Balaban J connectivity index is 2.75. The van der Waals surface area contributed by atoms with Gasteiger partial charge in [0, 0.05) is 0 Å². The van der Waals surface area contributed by atoms with Crippen molar-refractivity contribution in [2.45, 2.75) is 32.9 Å². The van der Waals surface area contributed by atoms with Crippen LogP contribution < -0.4 is 11.1 Å². The summed E-state index contributed by atoms with van der Waals surface area (Å²) >= 11 is 0. The van der Waals surface area contributed by atoms with Crippen LogP contribution in [0.1, 0.15) is 36.6 Å². The van der Waals surface area contributed by atoms with Crippen LogP contribution in [0.3, 0.4) is 0 Å². The molecule has 4 N–H and O–H groups in total. The molecule has 0 aliphatic rings. The van der Waals surface area contributed by atoms with E-state index in [1.807, 2.05) is 6.92 Å². The van der Waals surface area contributed by atoms with Crippen molar-refractivity contribution in [2.24, 2.45) is 11.7 Å². The molecule has 0 fully saturated rings. The first kappa shape index (κ1) is 14.2. The van der Waals surface area contributed by atoms with E-state index in [-0.39, 0.29) is 18.2 Å². The van der Waals surface area contributed by atoms with Gasteiger partial charge in [0.05, 0.1) is 6.54 Å². The Morgan fingerprint density at radius 3 is 2.61 bits per heavy atom. The lowest BCUT2D eigenvalue weighted by Gasteiger charge is -2.19. The largest absolute Gasteiger partial charge is 0.480 e. The molecule has 6 nitrogen and oxygen atoms in total. The van der Waals surface area contributed by atoms with E-state index in [1.165, 1.54) is 6.07 Å². The third-order valence-electron chi connectivity index (χ3n) is 2.85. The Hall–Kier alpha value is -1.82. The van der Waals surface area contributed by atoms with Crippen molar-refractivity contribution in [1.82, 2.24) is 5.32 Å². The summed E-state index contributed by atoms with van der Waals surface area (Å²) in [7, 11) is 0. The van der Waals surface area contributed by atoms with Gasteiger partial charge in [-0.3, -0.25) is 4.79 Å². The standard InChI is InChI=1S/C12H18N2O4/c1-3-7(2)10(12(16)17)14-11(15)9-5-4-8(6-13)18-9/h4-5,7,10H,3,6,13H2,1-2H3,(H,14,15)(H,16,17). The highest BCUT2D eigenvalue weighted by Gasteiger charge is 2.26. The number of nitrogens with two attached hydrogens (primary N) is 1. The van der Waals surface area contributed by atoms with E-state index in [4.69, 9.17) is 15.3 Å². The summed E-state index contributed by atoms with van der Waals surface area (Å²) in [4.78, 5) is 22.9. The van der Waals surface area contributed by atoms with Gasteiger partial charge in [-0.25, -0.2) is 4.79 Å². The molecule has 100 valence electrons. The van der Waals surface area contributed by atoms with Crippen LogP contribution in [0.4, 0.5) is 0 Å². The second kappa shape index (κ2) is 6.20. The summed E-state index contributed by atoms with van der Waals surface area (Å²) in [5.41, 5.74) is 5.36. The lowest BCUT2D eigenvalue weighted by Crippen LogP contribution is -2.44. The van der Waals surface area contributed by atoms with Gasteiger partial charge in [-0.1, -0.05) is 20.3 Å². The lowest BCUT2D eigenvalue weighted by atomic mass is 9.99. The molecule has 0 saturated carbocycles. The van der Waals surface area contributed by atoms with E-state index in [0.29, 0.717) is 12.2 Å². The number of aliphatic carboxylic acids is 1. The van der Waals surface area contributed by atoms with E-state index in [0.717, 1.165) is 0 Å². The average Bonchev–Trinajstić information content (AvgIpc) is 2.83. The summed E-state index contributed by atoms with van der Waals surface area (Å²) in [5, 5.41) is 11.5. The highest BCUT2D eigenvalue weighted by atomic mass is 16.4. The second-order valence-corrected chi connectivity index (χ2v) is 4.14. The maximum Gasteiger partial charge on any atom is 0.326 e. The topological polar surface area (TPSA) is 106 Å². The first-order chi connectivity index (χ1) is 8.49. The predicted octanol–water partition coefficient (Wildman–Crippen LogP) is 0.967. The highest BCUT2D eigenvalue weighted by molar-refractivity contribution is 5.94. The van der Waals surface area contributed by atoms with Gasteiger partial charge < -0.3 is 20.6 Å². The summed E-state index contributed by atoms with van der Waals surface area (Å²) < 4.78 is 5.16. The molecule has 0 saturated heterocycles. The summed E-state index contributed by atoms with van der Waals surface area (Å²) in [6.45, 7) is 3.83. The van der Waals surface area contributed by atoms with Gasteiger partial charge in [-0.15, -0.1) is 0 Å². The van der Waals surface area contributed by atoms with Crippen molar-refractivity contribution in [2.75, 3.05) is 0 Å². The van der Waals surface area contributed by atoms with E-state index in [1.54, 1.807) is 13.0 Å². The first-order valence-corrected chi connectivity index (χ1v) is 5.82. The van der Waals surface area contributed by atoms with E-state index >= 15 is 0 Å². The fourth-order valence-electron chi connectivity index (χ4n) is 1.51. The number of furan rings is 1. The van der Waals surface area contributed by atoms with Crippen molar-refractivity contribution >= 4 is 11.9 Å². The van der Waals surface area contributed by atoms with Crippen LogP contribution in [-0.4, -0.2) is 23.0 Å². The molecule has 0 aliphatic carbocycles. The summed E-state index contributed by atoms with van der Waals surface area (Å²) in [6, 6.07) is 2.15. The molecule has 2 unspecified atom stereocenters. The monoisotopic (exact) mass is 254 g/mol. The molecule has 1 rings (SSSR count). The highest BCUT2D eigenvalue weighted by Crippen LogP contribution is 2.11. The smallest absolute Gasteiger partial charge is 0.326 e. The Labute approximate surface area is 105 Å². The number of amides is 1. The molecule has 1 aromatic rings. The Morgan fingerprint density at radius 1 is 1.50 bits per heavy atom. The first-order valence-electron chi connectivity index (χ1n) is 5.82. The number of nitrogens with one attached hydrogen (secondary N) is 1. The maximum absolute atomic E-state index is 11.8. The van der Waals surface area contributed by atoms with Crippen LogP contribution >= 0.6 is 0 Å².